The average molecular weight is 737 g/mol. The Hall–Kier alpha value is -3.80. The third kappa shape index (κ3) is 7.11. The third-order valence-electron chi connectivity index (χ3n) is 9.98. The molecule has 2 N–H and O–H groups in total. The molecule has 3 heterocycles. The Labute approximate surface area is 296 Å². The minimum atomic E-state index is -1.33. The molecule has 3 saturated heterocycles. The molecular formula is C38H46BrN3O7. The van der Waals surface area contributed by atoms with Crippen LogP contribution in [0.3, 0.4) is 0 Å². The molecular weight excluding hydrogens is 690 g/mol. The highest BCUT2D eigenvalue weighted by molar-refractivity contribution is 9.09. The molecule has 1 unspecified atom stereocenters. The number of aliphatic hydroxyl groups excluding tert-OH is 1. The van der Waals surface area contributed by atoms with E-state index in [0.29, 0.717) is 24.8 Å². The summed E-state index contributed by atoms with van der Waals surface area (Å²) in [4.78, 5) is 59.1. The molecule has 9 atom stereocenters. The number of halogens is 1. The molecule has 2 aromatic rings. The number of hydrogen-bond donors (Lipinski definition) is 2. The number of alkyl halides is 1. The van der Waals surface area contributed by atoms with E-state index in [9.17, 15) is 24.3 Å². The number of carbonyl (C=O) groups excluding carboxylic acids is 4. The van der Waals surface area contributed by atoms with Gasteiger partial charge in [0.2, 0.25) is 17.7 Å². The summed E-state index contributed by atoms with van der Waals surface area (Å²) >= 11 is 3.72. The number of rotatable bonds is 16. The van der Waals surface area contributed by atoms with E-state index in [1.54, 1.807) is 24.0 Å². The lowest BCUT2D eigenvalue weighted by Crippen LogP contribution is -2.58. The van der Waals surface area contributed by atoms with Gasteiger partial charge in [0.05, 0.1) is 36.6 Å². The number of esters is 1. The minimum Gasteiger partial charge on any atom is -0.455 e. The van der Waals surface area contributed by atoms with Gasteiger partial charge in [-0.05, 0) is 37.3 Å². The molecule has 0 aliphatic carbocycles. The van der Waals surface area contributed by atoms with Crippen molar-refractivity contribution in [2.75, 3.05) is 13.2 Å². The van der Waals surface area contributed by atoms with Gasteiger partial charge in [0.25, 0.3) is 0 Å². The second-order valence-electron chi connectivity index (χ2n) is 13.1. The average Bonchev–Trinajstić information content (AvgIpc) is 3.70. The van der Waals surface area contributed by atoms with Crippen molar-refractivity contribution in [2.24, 2.45) is 11.8 Å². The Balaban J connectivity index is 1.50. The molecule has 3 aliphatic rings. The van der Waals surface area contributed by atoms with Gasteiger partial charge >= 0.3 is 5.97 Å². The van der Waals surface area contributed by atoms with Gasteiger partial charge in [-0.15, -0.1) is 13.2 Å². The summed E-state index contributed by atoms with van der Waals surface area (Å²) in [6, 6.07) is 16.3. The Morgan fingerprint density at radius 3 is 2.43 bits per heavy atom. The number of ether oxygens (including phenoxy) is 2. The molecule has 2 aromatic carbocycles. The second-order valence-corrected chi connectivity index (χ2v) is 14.3. The van der Waals surface area contributed by atoms with E-state index in [4.69, 9.17) is 9.47 Å². The van der Waals surface area contributed by atoms with E-state index in [0.717, 1.165) is 5.56 Å². The van der Waals surface area contributed by atoms with Gasteiger partial charge in [-0.2, -0.15) is 0 Å². The number of likely N-dealkylation sites (tertiary alicyclic amines) is 1. The summed E-state index contributed by atoms with van der Waals surface area (Å²) in [5.41, 5.74) is 0.259. The summed E-state index contributed by atoms with van der Waals surface area (Å²) in [5.74, 6) is -3.64. The zero-order chi connectivity index (χ0) is 35.3. The molecule has 49 heavy (non-hydrogen) atoms. The Bertz CT molecular complexity index is 1520. The highest BCUT2D eigenvalue weighted by Crippen LogP contribution is 2.61. The van der Waals surface area contributed by atoms with Crippen LogP contribution in [-0.2, 0) is 35.2 Å². The van der Waals surface area contributed by atoms with Gasteiger partial charge < -0.3 is 29.7 Å². The predicted molar refractivity (Wildman–Crippen MR) is 188 cm³/mol. The lowest BCUT2D eigenvalue weighted by atomic mass is 9.70. The van der Waals surface area contributed by atoms with Crippen LogP contribution in [0, 0.1) is 11.8 Å². The number of amides is 3. The summed E-state index contributed by atoms with van der Waals surface area (Å²) in [5, 5.41) is 13.4. The second kappa shape index (κ2) is 15.8. The fraction of sp³-hybridized carbons (Fsp3) is 0.474. The van der Waals surface area contributed by atoms with Crippen LogP contribution in [0.5, 0.6) is 0 Å². The maximum Gasteiger partial charge on any atom is 0.313 e. The first-order valence-electron chi connectivity index (χ1n) is 17.0. The van der Waals surface area contributed by atoms with Crippen LogP contribution in [0.1, 0.15) is 56.8 Å². The fourth-order valence-corrected chi connectivity index (χ4v) is 8.67. The molecule has 262 valence electrons. The number of aliphatic hydroxyl groups is 1. The van der Waals surface area contributed by atoms with Crippen molar-refractivity contribution in [2.45, 2.75) is 86.8 Å². The van der Waals surface area contributed by atoms with Crippen molar-refractivity contribution in [3.05, 3.63) is 97.1 Å². The highest BCUT2D eigenvalue weighted by atomic mass is 79.9. The summed E-state index contributed by atoms with van der Waals surface area (Å²) in [7, 11) is 0. The van der Waals surface area contributed by atoms with Crippen LogP contribution >= 0.6 is 15.9 Å². The fourth-order valence-electron chi connectivity index (χ4n) is 7.73. The number of allylic oxidation sites excluding steroid dienone is 1. The first-order chi connectivity index (χ1) is 23.6. The lowest BCUT2D eigenvalue weighted by Gasteiger charge is -2.39. The van der Waals surface area contributed by atoms with Gasteiger partial charge in [0.15, 0.2) is 0 Å². The van der Waals surface area contributed by atoms with Crippen LogP contribution in [0.15, 0.2) is 86.0 Å². The molecule has 2 bridgehead atoms. The maximum atomic E-state index is 14.7. The largest absolute Gasteiger partial charge is 0.455 e. The summed E-state index contributed by atoms with van der Waals surface area (Å²) < 4.78 is 12.9. The zero-order valence-corrected chi connectivity index (χ0v) is 29.7. The Kier molecular flexibility index (Phi) is 11.8. The SMILES string of the molecule is C=CCCC(=O)N[C@H](C)[C@@H](OC(=O)[C@H]1[C@@H]2O[C@@]3(CC2Br)[C@@H]1C(=O)N([C@@H](CC)CO)[C@@H]3C(=O)N(CC=C)Cc1ccccc1)c1ccccc1. The smallest absolute Gasteiger partial charge is 0.313 e. The summed E-state index contributed by atoms with van der Waals surface area (Å²) in [6.07, 6.45) is 3.18. The number of fused-ring (bicyclic) bond motifs is 1. The van der Waals surface area contributed by atoms with Crippen LogP contribution in [0.4, 0.5) is 0 Å². The van der Waals surface area contributed by atoms with Crippen molar-refractivity contribution in [1.82, 2.24) is 15.1 Å². The van der Waals surface area contributed by atoms with Crippen LogP contribution in [0.25, 0.3) is 0 Å². The minimum absolute atomic E-state index is 0.204. The third-order valence-corrected chi connectivity index (χ3v) is 10.8. The highest BCUT2D eigenvalue weighted by Gasteiger charge is 2.77. The number of hydrogen-bond acceptors (Lipinski definition) is 7. The van der Waals surface area contributed by atoms with E-state index < -0.39 is 59.6 Å². The van der Waals surface area contributed by atoms with Crippen molar-refractivity contribution in [3.63, 3.8) is 0 Å². The molecule has 3 fully saturated rings. The van der Waals surface area contributed by atoms with E-state index in [1.165, 1.54) is 4.90 Å². The van der Waals surface area contributed by atoms with Gasteiger partial charge in [-0.25, -0.2) is 0 Å². The Morgan fingerprint density at radius 1 is 1.14 bits per heavy atom. The van der Waals surface area contributed by atoms with Crippen LogP contribution in [0.2, 0.25) is 0 Å². The number of benzene rings is 2. The normalized spacial score (nSPS) is 27.1. The first-order valence-corrected chi connectivity index (χ1v) is 17.9. The maximum absolute atomic E-state index is 14.7. The van der Waals surface area contributed by atoms with Crippen molar-refractivity contribution >= 4 is 39.6 Å². The molecule has 1 spiro atoms. The first kappa shape index (κ1) is 36.5. The molecule has 10 nitrogen and oxygen atoms in total. The summed E-state index contributed by atoms with van der Waals surface area (Å²) in [6.45, 7) is 11.3. The quantitative estimate of drug-likeness (QED) is 0.148. The molecule has 3 amide bonds. The van der Waals surface area contributed by atoms with Crippen LogP contribution < -0.4 is 5.32 Å². The topological polar surface area (TPSA) is 125 Å². The van der Waals surface area contributed by atoms with Gasteiger partial charge in [-0.3, -0.25) is 19.2 Å². The van der Waals surface area contributed by atoms with Crippen molar-refractivity contribution in [3.8, 4) is 0 Å². The van der Waals surface area contributed by atoms with E-state index in [-0.39, 0.29) is 42.8 Å². The van der Waals surface area contributed by atoms with E-state index in [1.807, 2.05) is 67.6 Å². The number of nitrogens with zero attached hydrogens (tertiary/aromatic N) is 2. The molecule has 0 aromatic heterocycles. The number of nitrogens with one attached hydrogen (secondary N) is 1. The molecule has 11 heteroatoms. The molecule has 0 saturated carbocycles. The van der Waals surface area contributed by atoms with Gasteiger partial charge in [0.1, 0.15) is 17.7 Å². The standard InChI is InChI=1S/C38H46BrN3O7/c1-5-8-19-29(44)40-24(4)32(26-17-13-10-14-18-26)48-37(47)30-31-35(45)42(27(7-3)23-43)34(38(31)21-28(39)33(30)49-38)36(46)41(20-6-2)22-25-15-11-9-12-16-25/h5-6,9-18,24,27-28,30-34,43H,1-2,7-8,19-23H2,3-4H3,(H,40,44)/t24-,27+,28?,30-,31+,32-,33-,34-,38+/m1/s1. The Morgan fingerprint density at radius 2 is 1.82 bits per heavy atom. The number of carbonyl (C=O) groups is 4. The molecule has 5 rings (SSSR count). The molecule has 0 radical (unpaired) electrons. The van der Waals surface area contributed by atoms with Crippen molar-refractivity contribution in [1.29, 1.82) is 0 Å². The van der Waals surface area contributed by atoms with E-state index >= 15 is 0 Å². The monoisotopic (exact) mass is 735 g/mol. The molecule has 3 aliphatic heterocycles. The van der Waals surface area contributed by atoms with Gasteiger partial charge in [0, 0.05) is 24.3 Å². The van der Waals surface area contributed by atoms with E-state index in [2.05, 4.69) is 34.4 Å². The predicted octanol–water partition coefficient (Wildman–Crippen LogP) is 4.48. The zero-order valence-electron chi connectivity index (χ0n) is 28.1. The van der Waals surface area contributed by atoms with Crippen molar-refractivity contribution < 1.29 is 33.8 Å². The lowest BCUT2D eigenvalue weighted by molar-refractivity contribution is -0.162. The van der Waals surface area contributed by atoms with Gasteiger partial charge in [-0.1, -0.05) is 95.7 Å². The van der Waals surface area contributed by atoms with Crippen LogP contribution in [-0.4, -0.2) is 86.4 Å².